The summed E-state index contributed by atoms with van der Waals surface area (Å²) in [6.07, 6.45) is 2.20. The summed E-state index contributed by atoms with van der Waals surface area (Å²) >= 11 is 8.38. The monoisotopic (exact) mass is 320 g/mol. The van der Waals surface area contributed by atoms with Crippen molar-refractivity contribution in [3.63, 3.8) is 0 Å². The Balaban J connectivity index is 3.73. The maximum Gasteiger partial charge on any atom is 0.303 e. The standard InChI is InChI=1S/C12H20N2O4S2/c15-8-2-6-14-12(20)11(19)9(16)4-7-13-5-1-3-10(17)18/h2,11-14,19-20H,1,3-7H2,(H,17,18). The summed E-state index contributed by atoms with van der Waals surface area (Å²) in [4.78, 5) is 32.0. The van der Waals surface area contributed by atoms with E-state index in [2.05, 4.69) is 35.9 Å². The first-order valence-corrected chi connectivity index (χ1v) is 7.26. The van der Waals surface area contributed by atoms with Crippen LogP contribution in [-0.4, -0.2) is 53.1 Å². The van der Waals surface area contributed by atoms with Crippen LogP contribution in [0.15, 0.2) is 6.08 Å². The summed E-state index contributed by atoms with van der Waals surface area (Å²) in [5.74, 6) is 0.725. The van der Waals surface area contributed by atoms with Crippen LogP contribution in [0.5, 0.6) is 0 Å². The third-order valence-electron chi connectivity index (χ3n) is 2.43. The van der Waals surface area contributed by atoms with Crippen LogP contribution in [0, 0.1) is 0 Å². The van der Waals surface area contributed by atoms with Crippen LogP contribution in [0.3, 0.4) is 0 Å². The molecule has 0 heterocycles. The molecule has 0 aromatic heterocycles. The van der Waals surface area contributed by atoms with Crippen molar-refractivity contribution in [1.82, 2.24) is 10.6 Å². The molecule has 0 aliphatic rings. The predicted molar refractivity (Wildman–Crippen MR) is 83.2 cm³/mol. The Hall–Kier alpha value is -0.790. The second-order valence-electron chi connectivity index (χ2n) is 4.08. The van der Waals surface area contributed by atoms with Crippen molar-refractivity contribution >= 4 is 43.0 Å². The maximum absolute atomic E-state index is 11.8. The molecule has 0 aromatic rings. The summed E-state index contributed by atoms with van der Waals surface area (Å²) in [5.41, 5.74) is 0. The van der Waals surface area contributed by atoms with Crippen molar-refractivity contribution in [3.8, 4) is 0 Å². The Morgan fingerprint density at radius 1 is 1.25 bits per heavy atom. The zero-order valence-electron chi connectivity index (χ0n) is 11.0. The molecule has 0 aliphatic heterocycles. The first-order valence-electron chi connectivity index (χ1n) is 6.23. The Morgan fingerprint density at radius 2 is 1.95 bits per heavy atom. The number of ketones is 1. The summed E-state index contributed by atoms with van der Waals surface area (Å²) in [6, 6.07) is 0. The summed E-state index contributed by atoms with van der Waals surface area (Å²) in [6.45, 7) is 1.32. The first kappa shape index (κ1) is 19.2. The van der Waals surface area contributed by atoms with Gasteiger partial charge in [-0.25, -0.2) is 4.79 Å². The number of hydrogen-bond donors (Lipinski definition) is 5. The molecule has 2 atom stereocenters. The quantitative estimate of drug-likeness (QED) is 0.150. The highest BCUT2D eigenvalue weighted by atomic mass is 32.1. The topological polar surface area (TPSA) is 95.5 Å². The zero-order chi connectivity index (χ0) is 15.4. The second kappa shape index (κ2) is 12.0. The number of aliphatic carboxylic acids is 1. The van der Waals surface area contributed by atoms with Gasteiger partial charge in [0.25, 0.3) is 0 Å². The molecule has 0 saturated carbocycles. The van der Waals surface area contributed by atoms with Crippen molar-refractivity contribution in [3.05, 3.63) is 6.08 Å². The molecule has 0 aromatic carbocycles. The number of thiol groups is 2. The fourth-order valence-electron chi connectivity index (χ4n) is 1.36. The minimum Gasteiger partial charge on any atom is -0.481 e. The van der Waals surface area contributed by atoms with Gasteiger partial charge in [0.1, 0.15) is 11.7 Å². The summed E-state index contributed by atoms with van der Waals surface area (Å²) < 4.78 is 0. The summed E-state index contributed by atoms with van der Waals surface area (Å²) in [7, 11) is 0. The molecule has 0 amide bonds. The van der Waals surface area contributed by atoms with E-state index >= 15 is 0 Å². The lowest BCUT2D eigenvalue weighted by Gasteiger charge is -2.17. The van der Waals surface area contributed by atoms with Crippen molar-refractivity contribution in [2.75, 3.05) is 19.6 Å². The number of carboxylic acid groups (broad SMARTS) is 1. The third kappa shape index (κ3) is 10.1. The average Bonchev–Trinajstić information content (AvgIpc) is 2.41. The number of rotatable bonds is 12. The van der Waals surface area contributed by atoms with Crippen LogP contribution >= 0.6 is 25.3 Å². The van der Waals surface area contributed by atoms with Crippen molar-refractivity contribution in [2.45, 2.75) is 29.9 Å². The van der Waals surface area contributed by atoms with E-state index in [4.69, 9.17) is 5.11 Å². The molecule has 0 spiro atoms. The van der Waals surface area contributed by atoms with Crippen molar-refractivity contribution in [2.24, 2.45) is 0 Å². The molecule has 2 unspecified atom stereocenters. The van der Waals surface area contributed by atoms with Crippen LogP contribution in [0.25, 0.3) is 0 Å². The van der Waals surface area contributed by atoms with E-state index in [1.54, 1.807) is 5.94 Å². The second-order valence-corrected chi connectivity index (χ2v) is 5.20. The molecule has 0 radical (unpaired) electrons. The van der Waals surface area contributed by atoms with Crippen molar-refractivity contribution in [1.29, 1.82) is 0 Å². The lowest BCUT2D eigenvalue weighted by atomic mass is 10.2. The number of carbonyl (C=O) groups excluding carboxylic acids is 2. The smallest absolute Gasteiger partial charge is 0.303 e. The van der Waals surface area contributed by atoms with E-state index in [1.165, 1.54) is 6.08 Å². The van der Waals surface area contributed by atoms with Gasteiger partial charge in [0.15, 0.2) is 0 Å². The summed E-state index contributed by atoms with van der Waals surface area (Å²) in [5, 5.41) is 13.3. The van der Waals surface area contributed by atoms with E-state index < -0.39 is 16.6 Å². The van der Waals surface area contributed by atoms with Crippen molar-refractivity contribution < 1.29 is 19.5 Å². The van der Waals surface area contributed by atoms with Crippen LogP contribution in [-0.2, 0) is 14.4 Å². The molecule has 8 heteroatoms. The number of carbonyl (C=O) groups is 2. The molecule has 0 saturated heterocycles. The molecule has 0 bridgehead atoms. The minimum absolute atomic E-state index is 0.0679. The molecule has 0 rings (SSSR count). The van der Waals surface area contributed by atoms with Gasteiger partial charge < -0.3 is 15.7 Å². The van der Waals surface area contributed by atoms with E-state index in [9.17, 15) is 14.4 Å². The highest BCUT2D eigenvalue weighted by Gasteiger charge is 2.20. The van der Waals surface area contributed by atoms with Gasteiger partial charge in [-0.1, -0.05) is 0 Å². The Bertz CT molecular complexity index is 359. The van der Waals surface area contributed by atoms with Gasteiger partial charge in [-0.15, -0.1) is 0 Å². The van der Waals surface area contributed by atoms with E-state index in [1.807, 2.05) is 0 Å². The van der Waals surface area contributed by atoms with Crippen LogP contribution in [0.1, 0.15) is 19.3 Å². The Morgan fingerprint density at radius 3 is 2.55 bits per heavy atom. The molecule has 114 valence electrons. The molecule has 3 N–H and O–H groups in total. The SMILES string of the molecule is O=C=CCNC(S)C(S)C(=O)CCNCCCC(=O)O. The van der Waals surface area contributed by atoms with Gasteiger partial charge in [-0.05, 0) is 13.0 Å². The lowest BCUT2D eigenvalue weighted by Crippen LogP contribution is -2.38. The average molecular weight is 320 g/mol. The molecule has 0 aliphatic carbocycles. The third-order valence-corrected chi connectivity index (χ3v) is 3.74. The highest BCUT2D eigenvalue weighted by Crippen LogP contribution is 2.09. The number of carboxylic acids is 1. The Labute approximate surface area is 129 Å². The molecule has 0 fully saturated rings. The number of hydrogen-bond acceptors (Lipinski definition) is 7. The maximum atomic E-state index is 11.8. The normalized spacial score (nSPS) is 13.3. The van der Waals surface area contributed by atoms with Gasteiger partial charge in [-0.3, -0.25) is 9.59 Å². The number of Topliss-reactive ketones (excluding diaryl/α,β-unsaturated/α-hetero) is 1. The van der Waals surface area contributed by atoms with Crippen LogP contribution in [0.2, 0.25) is 0 Å². The predicted octanol–water partition coefficient (Wildman–Crippen LogP) is -0.0683. The van der Waals surface area contributed by atoms with Gasteiger partial charge in [0.05, 0.1) is 10.6 Å². The zero-order valence-corrected chi connectivity index (χ0v) is 12.8. The minimum atomic E-state index is -0.827. The van der Waals surface area contributed by atoms with E-state index in [-0.39, 0.29) is 18.7 Å². The van der Waals surface area contributed by atoms with E-state index in [0.29, 0.717) is 25.9 Å². The van der Waals surface area contributed by atoms with Crippen LogP contribution < -0.4 is 10.6 Å². The molecule has 20 heavy (non-hydrogen) atoms. The van der Waals surface area contributed by atoms with Gasteiger partial charge >= 0.3 is 5.97 Å². The van der Waals surface area contributed by atoms with Gasteiger partial charge in [0, 0.05) is 32.0 Å². The highest BCUT2D eigenvalue weighted by molar-refractivity contribution is 7.85. The molecular weight excluding hydrogens is 300 g/mol. The fraction of sp³-hybridized carbons (Fsp3) is 0.667. The number of nitrogens with one attached hydrogen (secondary N) is 2. The molecular formula is C12H20N2O4S2. The molecule has 6 nitrogen and oxygen atoms in total. The van der Waals surface area contributed by atoms with Gasteiger partial charge in [0.2, 0.25) is 0 Å². The van der Waals surface area contributed by atoms with Gasteiger partial charge in [-0.2, -0.15) is 25.3 Å². The Kier molecular flexibility index (Phi) is 11.5. The largest absolute Gasteiger partial charge is 0.481 e. The van der Waals surface area contributed by atoms with Crippen LogP contribution in [0.4, 0.5) is 0 Å². The fourth-order valence-corrected chi connectivity index (χ4v) is 1.86. The van der Waals surface area contributed by atoms with E-state index in [0.717, 1.165) is 0 Å². The first-order chi connectivity index (χ1) is 9.49. The lowest BCUT2D eigenvalue weighted by molar-refractivity contribution is -0.137.